The average Bonchev–Trinajstić information content (AvgIpc) is 3.30. The molecule has 3 rings (SSSR count). The molecular weight excluding hydrogens is 280 g/mol. The molecule has 2 atom stereocenters. The largest absolute Gasteiger partial charge is 0.377 e. The summed E-state index contributed by atoms with van der Waals surface area (Å²) < 4.78 is 11.4. The molecule has 1 aliphatic heterocycles. The SMILES string of the molecule is c1ccc(COCC[C@@H]2O[C@H]2CSc2ccccc2)cc1. The van der Waals surface area contributed by atoms with E-state index in [1.54, 1.807) is 0 Å². The summed E-state index contributed by atoms with van der Waals surface area (Å²) in [5.41, 5.74) is 1.23. The zero-order valence-corrected chi connectivity index (χ0v) is 12.8. The third kappa shape index (κ3) is 4.88. The fraction of sp³-hybridized carbons (Fsp3) is 0.333. The van der Waals surface area contributed by atoms with Gasteiger partial charge in [0.1, 0.15) is 0 Å². The Morgan fingerprint density at radius 1 is 0.905 bits per heavy atom. The van der Waals surface area contributed by atoms with Gasteiger partial charge in [0.2, 0.25) is 0 Å². The third-order valence-electron chi connectivity index (χ3n) is 3.50. The van der Waals surface area contributed by atoms with Crippen LogP contribution < -0.4 is 0 Å². The third-order valence-corrected chi connectivity index (χ3v) is 4.60. The van der Waals surface area contributed by atoms with Crippen molar-refractivity contribution in [2.45, 2.75) is 30.1 Å². The number of thioether (sulfide) groups is 1. The van der Waals surface area contributed by atoms with Crippen LogP contribution in [0.15, 0.2) is 65.6 Å². The van der Waals surface area contributed by atoms with Crippen LogP contribution in [-0.2, 0) is 16.1 Å². The lowest BCUT2D eigenvalue weighted by atomic mass is 10.2. The first kappa shape index (κ1) is 14.6. The molecule has 0 saturated carbocycles. The van der Waals surface area contributed by atoms with Crippen LogP contribution in [0.3, 0.4) is 0 Å². The van der Waals surface area contributed by atoms with Gasteiger partial charge in [-0.2, -0.15) is 0 Å². The Bertz CT molecular complexity index is 529. The number of epoxide rings is 1. The highest BCUT2D eigenvalue weighted by Gasteiger charge is 2.37. The summed E-state index contributed by atoms with van der Waals surface area (Å²) in [6, 6.07) is 20.8. The van der Waals surface area contributed by atoms with Gasteiger partial charge in [0.25, 0.3) is 0 Å². The van der Waals surface area contributed by atoms with Crippen LogP contribution in [0.2, 0.25) is 0 Å². The minimum absolute atomic E-state index is 0.386. The van der Waals surface area contributed by atoms with E-state index in [4.69, 9.17) is 9.47 Å². The van der Waals surface area contributed by atoms with Crippen molar-refractivity contribution in [3.8, 4) is 0 Å². The zero-order valence-electron chi connectivity index (χ0n) is 12.0. The lowest BCUT2D eigenvalue weighted by Crippen LogP contribution is -2.03. The van der Waals surface area contributed by atoms with Gasteiger partial charge in [-0.25, -0.2) is 0 Å². The van der Waals surface area contributed by atoms with Crippen molar-refractivity contribution in [2.24, 2.45) is 0 Å². The molecule has 2 aromatic rings. The number of hydrogen-bond donors (Lipinski definition) is 0. The lowest BCUT2D eigenvalue weighted by Gasteiger charge is -2.02. The van der Waals surface area contributed by atoms with Gasteiger partial charge in [0, 0.05) is 17.3 Å². The second-order valence-electron chi connectivity index (χ2n) is 5.16. The van der Waals surface area contributed by atoms with Gasteiger partial charge in [-0.15, -0.1) is 11.8 Å². The van der Waals surface area contributed by atoms with Crippen molar-refractivity contribution in [1.82, 2.24) is 0 Å². The molecule has 2 aromatic carbocycles. The summed E-state index contributed by atoms with van der Waals surface area (Å²) in [5, 5.41) is 0. The first-order valence-corrected chi connectivity index (χ1v) is 8.35. The lowest BCUT2D eigenvalue weighted by molar-refractivity contribution is 0.113. The normalized spacial score (nSPS) is 20.4. The predicted molar refractivity (Wildman–Crippen MR) is 86.5 cm³/mol. The highest BCUT2D eigenvalue weighted by Crippen LogP contribution is 2.31. The number of ether oxygens (including phenoxy) is 2. The molecule has 0 amide bonds. The monoisotopic (exact) mass is 300 g/mol. The molecule has 0 aromatic heterocycles. The summed E-state index contributed by atoms with van der Waals surface area (Å²) in [6.07, 6.45) is 1.78. The highest BCUT2D eigenvalue weighted by atomic mass is 32.2. The van der Waals surface area contributed by atoms with E-state index in [1.165, 1.54) is 10.5 Å². The van der Waals surface area contributed by atoms with Crippen molar-refractivity contribution < 1.29 is 9.47 Å². The summed E-state index contributed by atoms with van der Waals surface area (Å²) in [4.78, 5) is 1.31. The molecule has 0 bridgehead atoms. The minimum Gasteiger partial charge on any atom is -0.377 e. The Labute approximate surface area is 130 Å². The van der Waals surface area contributed by atoms with Crippen LogP contribution in [0.4, 0.5) is 0 Å². The number of rotatable bonds is 8. The van der Waals surface area contributed by atoms with Crippen LogP contribution in [-0.4, -0.2) is 24.6 Å². The molecule has 0 N–H and O–H groups in total. The predicted octanol–water partition coefficient (Wildman–Crippen LogP) is 4.15. The van der Waals surface area contributed by atoms with Crippen LogP contribution in [0.1, 0.15) is 12.0 Å². The Balaban J connectivity index is 1.27. The second-order valence-corrected chi connectivity index (χ2v) is 6.26. The molecule has 0 radical (unpaired) electrons. The standard InChI is InChI=1S/C18H20O2S/c1-3-7-15(8-4-1)13-19-12-11-17-18(20-17)14-21-16-9-5-2-6-10-16/h1-10,17-18H,11-14H2/t17-,18-/m0/s1. The first-order chi connectivity index (χ1) is 10.4. The molecule has 110 valence electrons. The van der Waals surface area contributed by atoms with Gasteiger partial charge >= 0.3 is 0 Å². The topological polar surface area (TPSA) is 21.8 Å². The maximum absolute atomic E-state index is 5.69. The maximum atomic E-state index is 5.69. The summed E-state index contributed by atoms with van der Waals surface area (Å²) in [7, 11) is 0. The van der Waals surface area contributed by atoms with Gasteiger partial charge in [0.15, 0.2) is 0 Å². The average molecular weight is 300 g/mol. The fourth-order valence-electron chi connectivity index (χ4n) is 2.24. The molecule has 0 aliphatic carbocycles. The van der Waals surface area contributed by atoms with Crippen molar-refractivity contribution in [3.05, 3.63) is 66.2 Å². The molecule has 1 saturated heterocycles. The van der Waals surface area contributed by atoms with Crippen LogP contribution >= 0.6 is 11.8 Å². The molecule has 21 heavy (non-hydrogen) atoms. The van der Waals surface area contributed by atoms with Gasteiger partial charge in [0.05, 0.1) is 18.8 Å². The van der Waals surface area contributed by atoms with E-state index >= 15 is 0 Å². The van der Waals surface area contributed by atoms with Crippen molar-refractivity contribution >= 4 is 11.8 Å². The Hall–Kier alpha value is -1.29. The molecular formula is C18H20O2S. The van der Waals surface area contributed by atoms with E-state index in [1.807, 2.05) is 36.0 Å². The second kappa shape index (κ2) is 7.64. The molecule has 1 heterocycles. The molecule has 0 spiro atoms. The molecule has 3 heteroatoms. The van der Waals surface area contributed by atoms with Gasteiger partial charge in [-0.3, -0.25) is 0 Å². The fourth-order valence-corrected chi connectivity index (χ4v) is 3.24. The molecule has 2 nitrogen and oxygen atoms in total. The van der Waals surface area contributed by atoms with Crippen LogP contribution in [0.25, 0.3) is 0 Å². The van der Waals surface area contributed by atoms with Crippen molar-refractivity contribution in [3.63, 3.8) is 0 Å². The van der Waals surface area contributed by atoms with Gasteiger partial charge in [-0.1, -0.05) is 48.5 Å². The summed E-state index contributed by atoms with van der Waals surface area (Å²) in [6.45, 7) is 1.46. The van der Waals surface area contributed by atoms with E-state index in [-0.39, 0.29) is 0 Å². The highest BCUT2D eigenvalue weighted by molar-refractivity contribution is 7.99. The maximum Gasteiger partial charge on any atom is 0.0936 e. The molecule has 1 fully saturated rings. The van der Waals surface area contributed by atoms with Crippen LogP contribution in [0.5, 0.6) is 0 Å². The quantitative estimate of drug-likeness (QED) is 0.415. The zero-order chi connectivity index (χ0) is 14.3. The smallest absolute Gasteiger partial charge is 0.0936 e. The van der Waals surface area contributed by atoms with Gasteiger partial charge in [-0.05, 0) is 24.1 Å². The van der Waals surface area contributed by atoms with Gasteiger partial charge < -0.3 is 9.47 Å². The van der Waals surface area contributed by atoms with E-state index in [0.717, 1.165) is 18.8 Å². The van der Waals surface area contributed by atoms with Crippen LogP contribution in [0, 0.1) is 0 Å². The van der Waals surface area contributed by atoms with E-state index in [0.29, 0.717) is 18.8 Å². The number of hydrogen-bond acceptors (Lipinski definition) is 3. The number of benzene rings is 2. The Kier molecular flexibility index (Phi) is 5.33. The Morgan fingerprint density at radius 2 is 1.62 bits per heavy atom. The Morgan fingerprint density at radius 3 is 2.38 bits per heavy atom. The van der Waals surface area contributed by atoms with E-state index < -0.39 is 0 Å². The van der Waals surface area contributed by atoms with Crippen molar-refractivity contribution in [2.75, 3.05) is 12.4 Å². The van der Waals surface area contributed by atoms with E-state index in [9.17, 15) is 0 Å². The summed E-state index contributed by atoms with van der Waals surface area (Å²) >= 11 is 1.87. The van der Waals surface area contributed by atoms with Crippen molar-refractivity contribution in [1.29, 1.82) is 0 Å². The minimum atomic E-state index is 0.386. The first-order valence-electron chi connectivity index (χ1n) is 7.37. The molecule has 0 unspecified atom stereocenters. The van der Waals surface area contributed by atoms with E-state index in [2.05, 4.69) is 36.4 Å². The summed E-state index contributed by atoms with van der Waals surface area (Å²) in [5.74, 6) is 1.04. The molecule has 1 aliphatic rings.